The number of amides is 10. The number of nitrogens with one attached hydrogen (secondary N) is 10. The number of aliphatic carboxylic acids is 3. The number of carbonyl (C=O) groups is 13. The Morgan fingerprint density at radius 3 is 1.52 bits per heavy atom. The first-order valence-corrected chi connectivity index (χ1v) is 29.5. The lowest BCUT2D eigenvalue weighted by molar-refractivity contribution is -0.143. The van der Waals surface area contributed by atoms with Crippen LogP contribution in [-0.4, -0.2) is 182 Å². The molecule has 0 aliphatic rings. The van der Waals surface area contributed by atoms with Crippen molar-refractivity contribution in [3.8, 4) is 0 Å². The number of rotatable bonds is 39. The highest BCUT2D eigenvalue weighted by atomic mass is 32.1. The zero-order valence-corrected chi connectivity index (χ0v) is 51.3. The normalized spacial score (nSPS) is 14.5. The van der Waals surface area contributed by atoms with Crippen molar-refractivity contribution in [2.75, 3.05) is 18.1 Å². The second kappa shape index (κ2) is 37.0. The Hall–Kier alpha value is -8.98. The third-order valence-electron chi connectivity index (χ3n) is 13.5. The number of nitrogens with two attached hydrogens (primary N) is 4. The monoisotopic (exact) mass is 1280 g/mol. The molecular formula is C56H81N15O16S2. The maximum atomic E-state index is 14.7. The quantitative estimate of drug-likeness (QED) is 0.0114. The summed E-state index contributed by atoms with van der Waals surface area (Å²) < 4.78 is 0. The van der Waals surface area contributed by atoms with Gasteiger partial charge in [-0.2, -0.15) is 25.3 Å². The van der Waals surface area contributed by atoms with Crippen LogP contribution in [0.5, 0.6) is 0 Å². The summed E-state index contributed by atoms with van der Waals surface area (Å²) >= 11 is 7.92. The van der Waals surface area contributed by atoms with Crippen molar-refractivity contribution in [2.24, 2.45) is 39.8 Å². The number of benzene rings is 2. The van der Waals surface area contributed by atoms with Crippen molar-refractivity contribution in [3.63, 3.8) is 0 Å². The fourth-order valence-corrected chi connectivity index (χ4v) is 9.23. The SMILES string of the molecule is CC(C)C[C@H](NC(=O)[C@H](CCC(N)=O)NC(=O)[C@H](Cc1c[nH]c2ccccc12)NC(=O)[C@@H](NC(=O)[C@H](CC(=O)O)NC(=O)[C@@H](N)CS)C(C)C)C(=O)N[C@@H](Cc1ccccc1)C(=O)N[C@@H](CC(=O)O)C(=O)N[C@@H](CCCN=C(N)N)C(=O)N[C@@H](CS)C(=O)O. The van der Waals surface area contributed by atoms with Gasteiger partial charge >= 0.3 is 17.9 Å². The number of para-hydroxylation sites is 1. The summed E-state index contributed by atoms with van der Waals surface area (Å²) in [6, 6.07) is -0.683. The van der Waals surface area contributed by atoms with E-state index in [-0.39, 0.29) is 62.0 Å². The van der Waals surface area contributed by atoms with E-state index in [2.05, 4.69) is 83.1 Å². The number of aromatic amines is 1. The van der Waals surface area contributed by atoms with E-state index in [1.54, 1.807) is 74.6 Å². The molecule has 33 heteroatoms. The third kappa shape index (κ3) is 25.7. The molecule has 0 bridgehead atoms. The molecule has 3 aromatic rings. The Kier molecular flexibility index (Phi) is 30.9. The number of aromatic nitrogens is 1. The van der Waals surface area contributed by atoms with Gasteiger partial charge in [-0.3, -0.25) is 62.5 Å². The molecule has 0 fully saturated rings. The average Bonchev–Trinajstić information content (AvgIpc) is 3.53. The zero-order chi connectivity index (χ0) is 66.7. The predicted molar refractivity (Wildman–Crippen MR) is 330 cm³/mol. The highest BCUT2D eigenvalue weighted by Gasteiger charge is 2.37. The molecule has 0 radical (unpaired) electrons. The van der Waals surface area contributed by atoms with Crippen LogP contribution < -0.4 is 70.8 Å². The zero-order valence-electron chi connectivity index (χ0n) is 49.5. The number of H-pyrrole nitrogens is 1. The van der Waals surface area contributed by atoms with Crippen LogP contribution in [0.2, 0.25) is 0 Å². The van der Waals surface area contributed by atoms with Gasteiger partial charge in [0, 0.05) is 54.4 Å². The molecule has 0 aliphatic carbocycles. The van der Waals surface area contributed by atoms with Crippen LogP contribution in [0.4, 0.5) is 0 Å². The number of carbonyl (C=O) groups excluding carboxylic acids is 10. The number of primary amides is 1. The first-order chi connectivity index (χ1) is 41.9. The van der Waals surface area contributed by atoms with Crippen molar-refractivity contribution in [3.05, 3.63) is 71.9 Å². The van der Waals surface area contributed by atoms with Gasteiger partial charge in [-0.25, -0.2) is 4.79 Å². The molecule has 0 saturated carbocycles. The van der Waals surface area contributed by atoms with E-state index in [1.165, 1.54) is 13.8 Å². The van der Waals surface area contributed by atoms with Crippen molar-refractivity contribution >= 4 is 119 Å². The van der Waals surface area contributed by atoms with E-state index < -0.39 is 169 Å². The number of nitrogens with zero attached hydrogens (tertiary/aromatic N) is 1. The first kappa shape index (κ1) is 74.3. The number of aliphatic imine (C=N–C) groups is 1. The summed E-state index contributed by atoms with van der Waals surface area (Å²) in [5.74, 6) is -16.6. The number of carboxylic acid groups (broad SMARTS) is 3. The molecule has 488 valence electrons. The highest BCUT2D eigenvalue weighted by Crippen LogP contribution is 2.20. The molecule has 3 rings (SSSR count). The third-order valence-corrected chi connectivity index (χ3v) is 14.2. The molecule has 10 atom stereocenters. The Labute approximate surface area is 523 Å². The fraction of sp³-hybridized carbons (Fsp3) is 0.500. The van der Waals surface area contributed by atoms with Crippen molar-refractivity contribution in [1.82, 2.24) is 52.8 Å². The molecule has 10 amide bonds. The number of thiol groups is 2. The van der Waals surface area contributed by atoms with Crippen LogP contribution in [-0.2, 0) is 75.2 Å². The topological polar surface area (TPSA) is 523 Å². The summed E-state index contributed by atoms with van der Waals surface area (Å²) in [5.41, 5.74) is 23.7. The molecule has 1 heterocycles. The molecule has 21 N–H and O–H groups in total. The summed E-state index contributed by atoms with van der Waals surface area (Å²) in [4.78, 5) is 181. The van der Waals surface area contributed by atoms with E-state index in [9.17, 15) is 77.6 Å². The molecule has 1 aromatic heterocycles. The molecule has 89 heavy (non-hydrogen) atoms. The largest absolute Gasteiger partial charge is 0.481 e. The Morgan fingerprint density at radius 2 is 0.989 bits per heavy atom. The fourth-order valence-electron chi connectivity index (χ4n) is 8.82. The standard InChI is InChI=1S/C56H81N15O16S2/c1-27(2)19-36(49(80)67-37(20-29-11-6-5-7-12-29)50(81)68-39(22-43(73)74)52(83)63-34(15-10-18-61-56(59)60)47(78)70-41(26-89)55(86)87)66-48(79)35(16-17-42(58)72)64-51(82)38(21-30-24-62-33-14-9-8-13-31(30)33)69-54(85)45(28(3)4)71-53(84)40(23-44(75)76)65-46(77)32(57)25-88/h5-9,11-14,24,27-28,32,34-41,45,62,88-89H,10,15-23,25-26,57H2,1-4H3,(H2,58,72)(H,63,83)(H,64,82)(H,65,77)(H,66,79)(H,67,80)(H,68,81)(H,69,85)(H,70,78)(H,71,84)(H,73,74)(H,75,76)(H,86,87)(H4,59,60,61)/t32-,34-,35-,36-,37-,38-,39-,40-,41-,45-/m0/s1. The Morgan fingerprint density at radius 1 is 0.528 bits per heavy atom. The average molecular weight is 1280 g/mol. The lowest BCUT2D eigenvalue weighted by atomic mass is 9.99. The number of hydrogen-bond acceptors (Lipinski definition) is 17. The van der Waals surface area contributed by atoms with E-state index in [4.69, 9.17) is 22.9 Å². The van der Waals surface area contributed by atoms with Crippen molar-refractivity contribution < 1.29 is 77.6 Å². The maximum Gasteiger partial charge on any atom is 0.327 e. The first-order valence-electron chi connectivity index (χ1n) is 28.2. The number of fused-ring (bicyclic) bond motifs is 1. The van der Waals surface area contributed by atoms with Crippen molar-refractivity contribution in [2.45, 2.75) is 146 Å². The minimum atomic E-state index is -1.93. The molecule has 0 unspecified atom stereocenters. The second-order valence-electron chi connectivity index (χ2n) is 21.6. The minimum absolute atomic E-state index is 0.0376. The van der Waals surface area contributed by atoms with Crippen LogP contribution in [0, 0.1) is 11.8 Å². The molecule has 0 spiro atoms. The molecule has 2 aromatic carbocycles. The predicted octanol–water partition coefficient (Wildman–Crippen LogP) is -3.44. The van der Waals surface area contributed by atoms with Gasteiger partial charge in [-0.1, -0.05) is 76.2 Å². The highest BCUT2D eigenvalue weighted by molar-refractivity contribution is 7.80. The van der Waals surface area contributed by atoms with Crippen LogP contribution in [0.25, 0.3) is 10.9 Å². The smallest absolute Gasteiger partial charge is 0.327 e. The molecular weight excluding hydrogens is 1200 g/mol. The Balaban J connectivity index is 2.03. The van der Waals surface area contributed by atoms with E-state index >= 15 is 0 Å². The number of carboxylic acids is 3. The van der Waals surface area contributed by atoms with Gasteiger partial charge in [0.2, 0.25) is 59.1 Å². The van der Waals surface area contributed by atoms with Crippen molar-refractivity contribution in [1.29, 1.82) is 0 Å². The Bertz CT molecular complexity index is 3020. The molecule has 31 nitrogen and oxygen atoms in total. The number of guanidine groups is 1. The van der Waals surface area contributed by atoms with Gasteiger partial charge < -0.3 is 91.1 Å². The van der Waals surface area contributed by atoms with Crippen LogP contribution in [0.15, 0.2) is 65.8 Å². The summed E-state index contributed by atoms with van der Waals surface area (Å²) in [5, 5.41) is 51.7. The van der Waals surface area contributed by atoms with Gasteiger partial charge in [0.25, 0.3) is 0 Å². The second-order valence-corrected chi connectivity index (χ2v) is 22.3. The summed E-state index contributed by atoms with van der Waals surface area (Å²) in [6.07, 6.45) is -2.18. The maximum absolute atomic E-state index is 14.7. The van der Waals surface area contributed by atoms with Gasteiger partial charge in [0.05, 0.1) is 18.9 Å². The lowest BCUT2D eigenvalue weighted by Crippen LogP contribution is -2.61. The van der Waals surface area contributed by atoms with E-state index in [0.717, 1.165) is 0 Å². The van der Waals surface area contributed by atoms with Crippen LogP contribution in [0.1, 0.15) is 83.8 Å². The van der Waals surface area contributed by atoms with E-state index in [0.29, 0.717) is 22.0 Å². The van der Waals surface area contributed by atoms with Gasteiger partial charge in [-0.05, 0) is 54.7 Å². The van der Waals surface area contributed by atoms with Crippen LogP contribution >= 0.6 is 25.3 Å². The van der Waals surface area contributed by atoms with Gasteiger partial charge in [0.1, 0.15) is 54.4 Å². The van der Waals surface area contributed by atoms with Crippen LogP contribution in [0.3, 0.4) is 0 Å². The van der Waals surface area contributed by atoms with E-state index in [1.807, 2.05) is 0 Å². The number of hydrogen-bond donors (Lipinski definition) is 19. The lowest BCUT2D eigenvalue weighted by Gasteiger charge is -2.29. The van der Waals surface area contributed by atoms with Gasteiger partial charge in [0.15, 0.2) is 5.96 Å². The minimum Gasteiger partial charge on any atom is -0.481 e. The molecule has 0 aliphatic heterocycles. The van der Waals surface area contributed by atoms with Gasteiger partial charge in [-0.15, -0.1) is 0 Å². The molecule has 0 saturated heterocycles. The summed E-state index contributed by atoms with van der Waals surface area (Å²) in [7, 11) is 0. The summed E-state index contributed by atoms with van der Waals surface area (Å²) in [6.45, 7) is 6.43.